The first-order valence-electron chi connectivity index (χ1n) is 6.22. The molecule has 1 aliphatic carbocycles. The topological polar surface area (TPSA) is 125 Å². The minimum atomic E-state index is -0.536. The highest BCUT2D eigenvalue weighted by atomic mass is 16.6. The van der Waals surface area contributed by atoms with Crippen LogP contribution in [-0.2, 0) is 0 Å². The van der Waals surface area contributed by atoms with Crippen LogP contribution in [0.2, 0.25) is 0 Å². The van der Waals surface area contributed by atoms with Gasteiger partial charge in [0.05, 0.1) is 17.1 Å². The van der Waals surface area contributed by atoms with Crippen LogP contribution in [-0.4, -0.2) is 40.3 Å². The zero-order valence-corrected chi connectivity index (χ0v) is 10.8. The fourth-order valence-corrected chi connectivity index (χ4v) is 2.14. The first-order valence-corrected chi connectivity index (χ1v) is 6.22. The van der Waals surface area contributed by atoms with Crippen LogP contribution in [0.1, 0.15) is 18.4 Å². The predicted molar refractivity (Wildman–Crippen MR) is 73.1 cm³/mol. The van der Waals surface area contributed by atoms with Crippen LogP contribution in [0.25, 0.3) is 0 Å². The van der Waals surface area contributed by atoms with E-state index in [-0.39, 0.29) is 24.2 Å². The molecule has 1 aromatic rings. The van der Waals surface area contributed by atoms with Crippen molar-refractivity contribution in [1.29, 1.82) is 0 Å². The second-order valence-corrected chi connectivity index (χ2v) is 4.59. The summed E-state index contributed by atoms with van der Waals surface area (Å²) in [6.07, 6.45) is 1.99. The molecule has 0 saturated heterocycles. The molecule has 0 heterocycles. The van der Waals surface area contributed by atoms with Gasteiger partial charge in [0.1, 0.15) is 0 Å². The number of nitrogens with two attached hydrogens (primary N) is 1. The third-order valence-electron chi connectivity index (χ3n) is 3.21. The van der Waals surface area contributed by atoms with Crippen molar-refractivity contribution in [1.82, 2.24) is 0 Å². The van der Waals surface area contributed by atoms with Gasteiger partial charge in [-0.3, -0.25) is 10.1 Å². The molecule has 1 saturated carbocycles. The molecule has 8 heteroatoms. The number of hydrogen-bond acceptors (Lipinski definition) is 6. The molecule has 20 heavy (non-hydrogen) atoms. The number of nitro groups is 1. The molecule has 0 amide bonds. The van der Waals surface area contributed by atoms with Crippen molar-refractivity contribution < 1.29 is 15.2 Å². The maximum atomic E-state index is 10.8. The largest absolute Gasteiger partial charge is 0.409 e. The number of anilines is 1. The van der Waals surface area contributed by atoms with Gasteiger partial charge in [-0.05, 0) is 18.9 Å². The summed E-state index contributed by atoms with van der Waals surface area (Å²) in [7, 11) is 0. The average molecular weight is 280 g/mol. The average Bonchev–Trinajstić information content (AvgIpc) is 3.27. The molecule has 1 aromatic carbocycles. The Balaban J connectivity index is 2.47. The van der Waals surface area contributed by atoms with Gasteiger partial charge >= 0.3 is 0 Å². The van der Waals surface area contributed by atoms with Crippen molar-refractivity contribution in [3.8, 4) is 0 Å². The van der Waals surface area contributed by atoms with Crippen molar-refractivity contribution in [2.24, 2.45) is 10.9 Å². The van der Waals surface area contributed by atoms with Crippen molar-refractivity contribution in [3.63, 3.8) is 0 Å². The van der Waals surface area contributed by atoms with Gasteiger partial charge in [0.15, 0.2) is 5.84 Å². The van der Waals surface area contributed by atoms with Gasteiger partial charge in [0.2, 0.25) is 0 Å². The molecule has 0 radical (unpaired) electrons. The predicted octanol–water partition coefficient (Wildman–Crippen LogP) is 0.650. The van der Waals surface area contributed by atoms with Crippen molar-refractivity contribution in [3.05, 3.63) is 33.9 Å². The Morgan fingerprint density at radius 2 is 2.25 bits per heavy atom. The van der Waals surface area contributed by atoms with Gasteiger partial charge in [-0.2, -0.15) is 0 Å². The molecule has 0 spiro atoms. The second-order valence-electron chi connectivity index (χ2n) is 4.59. The molecule has 0 bridgehead atoms. The van der Waals surface area contributed by atoms with Crippen LogP contribution >= 0.6 is 0 Å². The number of amidine groups is 1. The number of aliphatic hydroxyl groups is 1. The summed E-state index contributed by atoms with van der Waals surface area (Å²) in [6, 6.07) is 4.50. The zero-order chi connectivity index (χ0) is 14.7. The van der Waals surface area contributed by atoms with Crippen molar-refractivity contribution in [2.45, 2.75) is 18.9 Å². The quantitative estimate of drug-likeness (QED) is 0.231. The number of nitro benzene ring substituents is 1. The van der Waals surface area contributed by atoms with Crippen LogP contribution in [0.3, 0.4) is 0 Å². The summed E-state index contributed by atoms with van der Waals surface area (Å²) in [5, 5.41) is 31.7. The monoisotopic (exact) mass is 280 g/mol. The Morgan fingerprint density at radius 3 is 2.75 bits per heavy atom. The number of benzene rings is 1. The van der Waals surface area contributed by atoms with Gasteiger partial charge in [0, 0.05) is 30.4 Å². The van der Waals surface area contributed by atoms with E-state index in [2.05, 4.69) is 5.16 Å². The number of hydrogen-bond donors (Lipinski definition) is 3. The summed E-state index contributed by atoms with van der Waals surface area (Å²) in [5.41, 5.74) is 6.40. The fourth-order valence-electron chi connectivity index (χ4n) is 2.14. The fraction of sp³-hybridized carbons (Fsp3) is 0.417. The van der Waals surface area contributed by atoms with Crippen LogP contribution in [0.5, 0.6) is 0 Å². The number of oxime groups is 1. The summed E-state index contributed by atoms with van der Waals surface area (Å²) in [6.45, 7) is 0.358. The van der Waals surface area contributed by atoms with Crippen LogP contribution < -0.4 is 10.6 Å². The van der Waals surface area contributed by atoms with E-state index in [9.17, 15) is 10.1 Å². The molecular formula is C12H16N4O4. The molecule has 0 atom stereocenters. The Labute approximate surface area is 115 Å². The van der Waals surface area contributed by atoms with Crippen LogP contribution in [0.4, 0.5) is 11.4 Å². The lowest BCUT2D eigenvalue weighted by atomic mass is 10.1. The van der Waals surface area contributed by atoms with Gasteiger partial charge in [-0.1, -0.05) is 5.16 Å². The van der Waals surface area contributed by atoms with E-state index in [0.717, 1.165) is 12.8 Å². The zero-order valence-electron chi connectivity index (χ0n) is 10.8. The number of nitrogens with zero attached hydrogens (tertiary/aromatic N) is 3. The minimum absolute atomic E-state index is 0.0386. The molecule has 0 unspecified atom stereocenters. The SMILES string of the molecule is NC(=NO)c1cc([N+](=O)[O-])ccc1N(CCO)C1CC1. The van der Waals surface area contributed by atoms with E-state index in [1.165, 1.54) is 12.1 Å². The number of aliphatic hydroxyl groups excluding tert-OH is 1. The molecular weight excluding hydrogens is 264 g/mol. The maximum Gasteiger partial charge on any atom is 0.270 e. The number of rotatable bonds is 6. The van der Waals surface area contributed by atoms with Crippen LogP contribution in [0, 0.1) is 10.1 Å². The highest BCUT2D eigenvalue weighted by Crippen LogP contribution is 2.34. The molecule has 8 nitrogen and oxygen atoms in total. The van der Waals surface area contributed by atoms with Gasteiger partial charge < -0.3 is 20.9 Å². The van der Waals surface area contributed by atoms with Crippen molar-refractivity contribution in [2.75, 3.05) is 18.1 Å². The standard InChI is InChI=1S/C12H16N4O4/c13-12(14-18)10-7-9(16(19)20)3-4-11(10)15(5-6-17)8-1-2-8/h3-4,7-8,17-18H,1-2,5-6H2,(H2,13,14). The summed E-state index contributed by atoms with van der Waals surface area (Å²) >= 11 is 0. The summed E-state index contributed by atoms with van der Waals surface area (Å²) in [5.74, 6) is -0.188. The Hall–Kier alpha value is -2.35. The van der Waals surface area contributed by atoms with E-state index >= 15 is 0 Å². The molecule has 4 N–H and O–H groups in total. The Morgan fingerprint density at radius 1 is 1.55 bits per heavy atom. The third kappa shape index (κ3) is 2.80. The third-order valence-corrected chi connectivity index (χ3v) is 3.21. The molecule has 0 aliphatic heterocycles. The maximum absolute atomic E-state index is 10.8. The highest BCUT2D eigenvalue weighted by Gasteiger charge is 2.31. The molecule has 0 aromatic heterocycles. The normalized spacial score (nSPS) is 15.2. The molecule has 2 rings (SSSR count). The lowest BCUT2D eigenvalue weighted by Crippen LogP contribution is -2.31. The van der Waals surface area contributed by atoms with E-state index in [1.807, 2.05) is 4.90 Å². The molecule has 108 valence electrons. The van der Waals surface area contributed by atoms with Gasteiger partial charge in [-0.25, -0.2) is 0 Å². The number of non-ortho nitro benzene ring substituents is 1. The van der Waals surface area contributed by atoms with Crippen LogP contribution in [0.15, 0.2) is 23.4 Å². The van der Waals surface area contributed by atoms with E-state index in [4.69, 9.17) is 16.0 Å². The molecule has 1 fully saturated rings. The lowest BCUT2D eigenvalue weighted by molar-refractivity contribution is -0.384. The highest BCUT2D eigenvalue weighted by molar-refractivity contribution is 6.03. The van der Waals surface area contributed by atoms with Gasteiger partial charge in [0.25, 0.3) is 5.69 Å². The summed E-state index contributed by atoms with van der Waals surface area (Å²) < 4.78 is 0. The molecule has 1 aliphatic rings. The Bertz CT molecular complexity index is 542. The Kier molecular flexibility index (Phi) is 4.04. The first kappa shape index (κ1) is 14.1. The van der Waals surface area contributed by atoms with E-state index in [0.29, 0.717) is 17.8 Å². The lowest BCUT2D eigenvalue weighted by Gasteiger charge is -2.25. The minimum Gasteiger partial charge on any atom is -0.409 e. The van der Waals surface area contributed by atoms with Crippen molar-refractivity contribution >= 4 is 17.2 Å². The summed E-state index contributed by atoms with van der Waals surface area (Å²) in [4.78, 5) is 12.2. The second kappa shape index (κ2) is 5.74. The van der Waals surface area contributed by atoms with Gasteiger partial charge in [-0.15, -0.1) is 0 Å². The van der Waals surface area contributed by atoms with E-state index in [1.54, 1.807) is 6.07 Å². The first-order chi connectivity index (χ1) is 9.58. The van der Waals surface area contributed by atoms with E-state index < -0.39 is 4.92 Å². The smallest absolute Gasteiger partial charge is 0.270 e.